The Morgan fingerprint density at radius 1 is 1.12 bits per heavy atom. The summed E-state index contributed by atoms with van der Waals surface area (Å²) in [5.41, 5.74) is 0. The van der Waals surface area contributed by atoms with Gasteiger partial charge >= 0.3 is 0 Å². The third-order valence-electron chi connectivity index (χ3n) is 1.68. The lowest BCUT2D eigenvalue weighted by atomic mass is 10.3. The second kappa shape index (κ2) is 4.69. The Morgan fingerprint density at radius 3 is 2.44 bits per heavy atom. The average Bonchev–Trinajstić information content (AvgIpc) is 2.20. The van der Waals surface area contributed by atoms with Crippen LogP contribution >= 0.6 is 22.6 Å². The average molecular weight is 334 g/mol. The number of aromatic nitrogens is 2. The van der Waals surface area contributed by atoms with Crippen molar-refractivity contribution in [2.75, 3.05) is 0 Å². The zero-order valence-electron chi connectivity index (χ0n) is 7.82. The van der Waals surface area contributed by atoms with Gasteiger partial charge in [-0.3, -0.25) is 0 Å². The zero-order valence-corrected chi connectivity index (χ0v) is 9.98. The van der Waals surface area contributed by atoms with Crippen LogP contribution in [0.1, 0.15) is 0 Å². The van der Waals surface area contributed by atoms with Gasteiger partial charge in [-0.2, -0.15) is 0 Å². The van der Waals surface area contributed by atoms with Gasteiger partial charge in [0.2, 0.25) is 5.88 Å². The van der Waals surface area contributed by atoms with Crippen molar-refractivity contribution in [1.29, 1.82) is 0 Å². The van der Waals surface area contributed by atoms with Crippen molar-refractivity contribution in [2.45, 2.75) is 0 Å². The van der Waals surface area contributed by atoms with Crippen LogP contribution in [0, 0.1) is 15.2 Å². The van der Waals surface area contributed by atoms with Gasteiger partial charge in [-0.05, 0) is 22.6 Å². The van der Waals surface area contributed by atoms with Gasteiger partial charge in [-0.15, -0.1) is 0 Å². The lowest BCUT2D eigenvalue weighted by Crippen LogP contribution is -1.93. The van der Waals surface area contributed by atoms with Crippen molar-refractivity contribution in [3.8, 4) is 11.6 Å². The molecule has 0 saturated heterocycles. The van der Waals surface area contributed by atoms with E-state index in [1.807, 2.05) is 22.6 Å². The molecule has 16 heavy (non-hydrogen) atoms. The maximum Gasteiger partial charge on any atom is 0.235 e. The number of hydrogen-bond acceptors (Lipinski definition) is 3. The van der Waals surface area contributed by atoms with Gasteiger partial charge in [0.05, 0.1) is 3.57 Å². The first-order chi connectivity index (χ1) is 7.65. The molecule has 0 aliphatic heterocycles. The van der Waals surface area contributed by atoms with E-state index < -0.39 is 11.6 Å². The monoisotopic (exact) mass is 334 g/mol. The van der Waals surface area contributed by atoms with E-state index in [2.05, 4.69) is 9.97 Å². The molecule has 2 aromatic rings. The van der Waals surface area contributed by atoms with Gasteiger partial charge in [-0.25, -0.2) is 18.7 Å². The molecule has 6 heteroatoms. The predicted molar refractivity (Wildman–Crippen MR) is 61.2 cm³/mol. The number of rotatable bonds is 2. The Labute approximate surface area is 104 Å². The largest absolute Gasteiger partial charge is 0.438 e. The van der Waals surface area contributed by atoms with E-state index in [0.29, 0.717) is 3.57 Å². The van der Waals surface area contributed by atoms with E-state index in [0.717, 1.165) is 18.2 Å². The smallest absolute Gasteiger partial charge is 0.235 e. The van der Waals surface area contributed by atoms with Gasteiger partial charge in [0.1, 0.15) is 23.7 Å². The molecule has 0 saturated carbocycles. The predicted octanol–water partition coefficient (Wildman–Crippen LogP) is 3.15. The Kier molecular flexibility index (Phi) is 3.28. The Balaban J connectivity index is 2.30. The Hall–Kier alpha value is -1.31. The molecule has 82 valence electrons. The Bertz CT molecular complexity index is 502. The highest BCUT2D eigenvalue weighted by molar-refractivity contribution is 14.1. The van der Waals surface area contributed by atoms with Crippen LogP contribution in [-0.2, 0) is 0 Å². The van der Waals surface area contributed by atoms with Crippen LogP contribution in [0.2, 0.25) is 0 Å². The van der Waals surface area contributed by atoms with Crippen LogP contribution in [0.3, 0.4) is 0 Å². The molecule has 2 rings (SSSR count). The van der Waals surface area contributed by atoms with Crippen LogP contribution in [0.25, 0.3) is 0 Å². The lowest BCUT2D eigenvalue weighted by Gasteiger charge is -2.05. The number of nitrogens with zero attached hydrogens (tertiary/aromatic N) is 2. The van der Waals surface area contributed by atoms with E-state index in [9.17, 15) is 8.78 Å². The van der Waals surface area contributed by atoms with E-state index in [1.54, 1.807) is 6.20 Å². The topological polar surface area (TPSA) is 35.0 Å². The van der Waals surface area contributed by atoms with Gasteiger partial charge in [-0.1, -0.05) is 0 Å². The molecule has 0 radical (unpaired) electrons. The van der Waals surface area contributed by atoms with E-state index in [-0.39, 0.29) is 11.6 Å². The highest BCUT2D eigenvalue weighted by atomic mass is 127. The summed E-state index contributed by atoms with van der Waals surface area (Å²) in [4.78, 5) is 7.62. The maximum atomic E-state index is 12.9. The van der Waals surface area contributed by atoms with Gasteiger partial charge in [0, 0.05) is 24.4 Å². The molecule has 0 aliphatic rings. The second-order valence-corrected chi connectivity index (χ2v) is 4.05. The van der Waals surface area contributed by atoms with Crippen LogP contribution in [0.5, 0.6) is 11.6 Å². The van der Waals surface area contributed by atoms with E-state index in [1.165, 1.54) is 6.33 Å². The van der Waals surface area contributed by atoms with Crippen molar-refractivity contribution in [1.82, 2.24) is 9.97 Å². The number of ether oxygens (including phenoxy) is 1. The van der Waals surface area contributed by atoms with Crippen LogP contribution < -0.4 is 4.74 Å². The minimum atomic E-state index is -0.695. The summed E-state index contributed by atoms with van der Waals surface area (Å²) < 4.78 is 31.6. The van der Waals surface area contributed by atoms with Crippen molar-refractivity contribution < 1.29 is 13.5 Å². The second-order valence-electron chi connectivity index (χ2n) is 2.88. The number of hydrogen-bond donors (Lipinski definition) is 0. The molecule has 1 heterocycles. The molecule has 0 bridgehead atoms. The molecule has 1 aromatic carbocycles. The minimum absolute atomic E-state index is 0.0640. The fourth-order valence-electron chi connectivity index (χ4n) is 1.08. The number of benzene rings is 1. The molecule has 0 amide bonds. The summed E-state index contributed by atoms with van der Waals surface area (Å²) in [6, 6.07) is 2.94. The first kappa shape index (κ1) is 11.2. The molecule has 0 spiro atoms. The normalized spacial score (nSPS) is 10.2. The van der Waals surface area contributed by atoms with E-state index in [4.69, 9.17) is 4.74 Å². The molecular weight excluding hydrogens is 329 g/mol. The summed E-state index contributed by atoms with van der Waals surface area (Å²) in [7, 11) is 0. The minimum Gasteiger partial charge on any atom is -0.438 e. The van der Waals surface area contributed by atoms with Crippen molar-refractivity contribution in [2.24, 2.45) is 0 Å². The zero-order chi connectivity index (χ0) is 11.5. The summed E-state index contributed by atoms with van der Waals surface area (Å²) in [6.45, 7) is 0. The summed E-state index contributed by atoms with van der Waals surface area (Å²) in [5, 5.41) is 0. The number of halogens is 3. The molecule has 0 fully saturated rings. The molecule has 0 aliphatic carbocycles. The first-order valence-corrected chi connectivity index (χ1v) is 5.32. The van der Waals surface area contributed by atoms with E-state index >= 15 is 0 Å². The molecule has 3 nitrogen and oxygen atoms in total. The van der Waals surface area contributed by atoms with Crippen molar-refractivity contribution in [3.63, 3.8) is 0 Å². The SMILES string of the molecule is Fc1cc(F)cc(Oc2ncncc2I)c1. The van der Waals surface area contributed by atoms with Gasteiger partial charge < -0.3 is 4.74 Å². The molecule has 0 atom stereocenters. The van der Waals surface area contributed by atoms with Crippen LogP contribution in [0.4, 0.5) is 8.78 Å². The van der Waals surface area contributed by atoms with Crippen LogP contribution in [-0.4, -0.2) is 9.97 Å². The molecule has 0 N–H and O–H groups in total. The highest BCUT2D eigenvalue weighted by Crippen LogP contribution is 2.24. The van der Waals surface area contributed by atoms with Crippen molar-refractivity contribution >= 4 is 22.6 Å². The third-order valence-corrected chi connectivity index (χ3v) is 2.42. The lowest BCUT2D eigenvalue weighted by molar-refractivity contribution is 0.446. The van der Waals surface area contributed by atoms with Gasteiger partial charge in [0.25, 0.3) is 0 Å². The molecule has 1 aromatic heterocycles. The Morgan fingerprint density at radius 2 is 1.81 bits per heavy atom. The van der Waals surface area contributed by atoms with Gasteiger partial charge in [0.15, 0.2) is 0 Å². The van der Waals surface area contributed by atoms with Crippen molar-refractivity contribution in [3.05, 3.63) is 45.9 Å². The fraction of sp³-hybridized carbons (Fsp3) is 0. The maximum absolute atomic E-state index is 12.9. The van der Waals surface area contributed by atoms with Crippen LogP contribution in [0.15, 0.2) is 30.7 Å². The quantitative estimate of drug-likeness (QED) is 0.792. The molecular formula is C10H5F2IN2O. The summed E-state index contributed by atoms with van der Waals surface area (Å²) in [6.07, 6.45) is 2.84. The summed E-state index contributed by atoms with van der Waals surface area (Å²) >= 11 is 1.97. The molecule has 0 unspecified atom stereocenters. The third kappa shape index (κ3) is 2.63. The standard InChI is InChI=1S/C10H5F2IN2O/c11-6-1-7(12)3-8(2-6)16-10-9(13)4-14-5-15-10/h1-5H. The fourth-order valence-corrected chi connectivity index (χ4v) is 1.49. The highest BCUT2D eigenvalue weighted by Gasteiger charge is 2.06. The summed E-state index contributed by atoms with van der Waals surface area (Å²) in [5.74, 6) is -1.06. The first-order valence-electron chi connectivity index (χ1n) is 4.24.